The fourth-order valence-electron chi connectivity index (χ4n) is 4.07. The van der Waals surface area contributed by atoms with Crippen LogP contribution in [0.3, 0.4) is 0 Å². The summed E-state index contributed by atoms with van der Waals surface area (Å²) in [6.45, 7) is 0.145. The normalized spacial score (nSPS) is 18.0. The van der Waals surface area contributed by atoms with Gasteiger partial charge < -0.3 is 4.90 Å². The summed E-state index contributed by atoms with van der Waals surface area (Å²) >= 11 is 0. The summed E-state index contributed by atoms with van der Waals surface area (Å²) < 4.78 is 0. The van der Waals surface area contributed by atoms with Crippen LogP contribution in [0.15, 0.2) is 54.4 Å². The SMILES string of the molecule is CN(Cc1cccc2c1C(=O)C=C(CC1CCC(=O)NC1=O)C2=O)C(=O)c1cccnc1. The summed E-state index contributed by atoms with van der Waals surface area (Å²) in [4.78, 5) is 67.5. The number of nitrogens with zero attached hydrogens (tertiary/aromatic N) is 2. The van der Waals surface area contributed by atoms with Gasteiger partial charge in [-0.3, -0.25) is 34.3 Å². The van der Waals surface area contributed by atoms with Crippen molar-refractivity contribution in [2.75, 3.05) is 7.05 Å². The molecule has 1 unspecified atom stereocenters. The first kappa shape index (κ1) is 21.3. The van der Waals surface area contributed by atoms with Gasteiger partial charge >= 0.3 is 0 Å². The van der Waals surface area contributed by atoms with E-state index in [1.54, 1.807) is 43.6 Å². The molecule has 1 atom stereocenters. The molecule has 2 heterocycles. The van der Waals surface area contributed by atoms with E-state index >= 15 is 0 Å². The van der Waals surface area contributed by atoms with E-state index in [1.807, 2.05) is 0 Å². The first-order chi connectivity index (χ1) is 15.3. The van der Waals surface area contributed by atoms with Crippen LogP contribution >= 0.6 is 0 Å². The van der Waals surface area contributed by atoms with Crippen molar-refractivity contribution in [3.8, 4) is 0 Å². The third kappa shape index (κ3) is 4.12. The van der Waals surface area contributed by atoms with Gasteiger partial charge in [0.05, 0.1) is 5.56 Å². The van der Waals surface area contributed by atoms with E-state index in [2.05, 4.69) is 10.3 Å². The maximum Gasteiger partial charge on any atom is 0.255 e. The van der Waals surface area contributed by atoms with Crippen molar-refractivity contribution < 1.29 is 24.0 Å². The molecule has 32 heavy (non-hydrogen) atoms. The Bertz CT molecular complexity index is 1170. The molecule has 4 rings (SSSR count). The van der Waals surface area contributed by atoms with Crippen molar-refractivity contribution in [1.29, 1.82) is 0 Å². The van der Waals surface area contributed by atoms with Gasteiger partial charge in [-0.15, -0.1) is 0 Å². The zero-order valence-corrected chi connectivity index (χ0v) is 17.5. The molecule has 1 aliphatic carbocycles. The highest BCUT2D eigenvalue weighted by Crippen LogP contribution is 2.30. The van der Waals surface area contributed by atoms with E-state index in [0.29, 0.717) is 17.5 Å². The van der Waals surface area contributed by atoms with Gasteiger partial charge in [0, 0.05) is 55.0 Å². The van der Waals surface area contributed by atoms with Gasteiger partial charge in [-0.05, 0) is 36.6 Å². The van der Waals surface area contributed by atoms with Crippen molar-refractivity contribution in [1.82, 2.24) is 15.2 Å². The van der Waals surface area contributed by atoms with Crippen molar-refractivity contribution >= 4 is 29.3 Å². The first-order valence-corrected chi connectivity index (χ1v) is 10.3. The Balaban J connectivity index is 1.56. The molecule has 3 amide bonds. The Hall–Kier alpha value is -3.94. The molecule has 1 N–H and O–H groups in total. The minimum Gasteiger partial charge on any atom is -0.337 e. The largest absolute Gasteiger partial charge is 0.337 e. The minimum absolute atomic E-state index is 0.104. The van der Waals surface area contributed by atoms with Crippen LogP contribution in [0.5, 0.6) is 0 Å². The lowest BCUT2D eigenvalue weighted by Gasteiger charge is -2.25. The number of fused-ring (bicyclic) bond motifs is 1. The van der Waals surface area contributed by atoms with Crippen LogP contribution in [0.25, 0.3) is 0 Å². The fourth-order valence-corrected chi connectivity index (χ4v) is 4.07. The lowest BCUT2D eigenvalue weighted by molar-refractivity contribution is -0.136. The molecule has 162 valence electrons. The molecule has 0 saturated carbocycles. The summed E-state index contributed by atoms with van der Waals surface area (Å²) in [5, 5.41) is 2.28. The van der Waals surface area contributed by atoms with Crippen molar-refractivity contribution in [2.24, 2.45) is 5.92 Å². The number of Topliss-reactive ketones (excluding diaryl/α,β-unsaturated/α-hetero) is 1. The number of amides is 3. The van der Waals surface area contributed by atoms with E-state index < -0.39 is 11.8 Å². The van der Waals surface area contributed by atoms with Crippen LogP contribution < -0.4 is 5.32 Å². The molecule has 0 bridgehead atoms. The summed E-state index contributed by atoms with van der Waals surface area (Å²) in [6.07, 6.45) is 4.99. The van der Waals surface area contributed by atoms with Crippen LogP contribution in [0.1, 0.15) is 55.9 Å². The molecule has 1 fully saturated rings. The number of aromatic nitrogens is 1. The van der Waals surface area contributed by atoms with Gasteiger partial charge in [0.2, 0.25) is 11.8 Å². The van der Waals surface area contributed by atoms with Crippen LogP contribution in [-0.2, 0) is 16.1 Å². The number of imide groups is 1. The molecule has 2 aliphatic rings. The van der Waals surface area contributed by atoms with E-state index in [1.165, 1.54) is 17.2 Å². The van der Waals surface area contributed by atoms with E-state index in [9.17, 15) is 24.0 Å². The number of allylic oxidation sites excluding steroid dienone is 2. The maximum atomic E-state index is 13.1. The Morgan fingerprint density at radius 3 is 2.69 bits per heavy atom. The van der Waals surface area contributed by atoms with Crippen molar-refractivity contribution in [3.63, 3.8) is 0 Å². The molecule has 1 saturated heterocycles. The lowest BCUT2D eigenvalue weighted by atomic mass is 9.81. The third-order valence-corrected chi connectivity index (χ3v) is 5.72. The number of pyridine rings is 1. The average molecular weight is 431 g/mol. The number of hydrogen-bond donors (Lipinski definition) is 1. The lowest BCUT2D eigenvalue weighted by Crippen LogP contribution is -2.41. The monoisotopic (exact) mass is 431 g/mol. The molecule has 8 nitrogen and oxygen atoms in total. The quantitative estimate of drug-likeness (QED) is 0.726. The van der Waals surface area contributed by atoms with Crippen LogP contribution in [-0.4, -0.2) is 46.2 Å². The topological polar surface area (TPSA) is 114 Å². The number of ketones is 2. The zero-order chi connectivity index (χ0) is 22.8. The van der Waals surface area contributed by atoms with Crippen LogP contribution in [0.2, 0.25) is 0 Å². The smallest absolute Gasteiger partial charge is 0.255 e. The highest BCUT2D eigenvalue weighted by atomic mass is 16.2. The maximum absolute atomic E-state index is 13.1. The highest BCUT2D eigenvalue weighted by Gasteiger charge is 2.33. The summed E-state index contributed by atoms with van der Waals surface area (Å²) in [5.74, 6) is -2.17. The predicted octanol–water partition coefficient (Wildman–Crippen LogP) is 2.10. The zero-order valence-electron chi connectivity index (χ0n) is 17.5. The molecule has 0 spiro atoms. The molecule has 8 heteroatoms. The van der Waals surface area contributed by atoms with E-state index in [0.717, 1.165) is 0 Å². The molecule has 0 radical (unpaired) electrons. The summed E-state index contributed by atoms with van der Waals surface area (Å²) in [5.41, 5.74) is 1.79. The standard InChI is InChI=1S/C24H21N3O5/c1-27(24(32)15-5-3-9-25-12-15)13-16-4-2-6-18-21(16)19(28)11-17(22(18)30)10-14-7-8-20(29)26-23(14)31/h2-6,9,11-12,14H,7-8,10,13H2,1H3,(H,26,29,31). The van der Waals surface area contributed by atoms with E-state index in [-0.39, 0.29) is 59.5 Å². The molecule has 1 aromatic heterocycles. The van der Waals surface area contributed by atoms with Gasteiger partial charge in [-0.2, -0.15) is 0 Å². The van der Waals surface area contributed by atoms with Crippen molar-refractivity contribution in [3.05, 3.63) is 76.6 Å². The minimum atomic E-state index is -0.524. The number of carbonyl (C=O) groups excluding carboxylic acids is 5. The number of rotatable bonds is 5. The second-order valence-corrected chi connectivity index (χ2v) is 7.96. The molecule has 1 aromatic carbocycles. The molecule has 1 aliphatic heterocycles. The Morgan fingerprint density at radius 1 is 1.16 bits per heavy atom. The fraction of sp³-hybridized carbons (Fsp3) is 0.250. The molecular formula is C24H21N3O5. The van der Waals surface area contributed by atoms with Gasteiger partial charge in [0.15, 0.2) is 11.6 Å². The van der Waals surface area contributed by atoms with Gasteiger partial charge in [0.1, 0.15) is 0 Å². The average Bonchev–Trinajstić information content (AvgIpc) is 2.79. The van der Waals surface area contributed by atoms with Crippen LogP contribution in [0.4, 0.5) is 0 Å². The Labute approximate surface area is 184 Å². The highest BCUT2D eigenvalue weighted by molar-refractivity contribution is 6.25. The van der Waals surface area contributed by atoms with E-state index in [4.69, 9.17) is 0 Å². The summed E-state index contributed by atoms with van der Waals surface area (Å²) in [7, 11) is 1.62. The van der Waals surface area contributed by atoms with Gasteiger partial charge in [-0.25, -0.2) is 0 Å². The summed E-state index contributed by atoms with van der Waals surface area (Å²) in [6, 6.07) is 8.31. The number of carbonyl (C=O) groups is 5. The number of nitrogens with one attached hydrogen (secondary N) is 1. The van der Waals surface area contributed by atoms with Crippen LogP contribution in [0, 0.1) is 5.92 Å². The predicted molar refractivity (Wildman–Crippen MR) is 114 cm³/mol. The number of hydrogen-bond acceptors (Lipinski definition) is 6. The number of piperidine rings is 1. The van der Waals surface area contributed by atoms with Crippen molar-refractivity contribution in [2.45, 2.75) is 25.8 Å². The number of benzene rings is 1. The molecular weight excluding hydrogens is 410 g/mol. The van der Waals surface area contributed by atoms with Gasteiger partial charge in [-0.1, -0.05) is 18.2 Å². The second-order valence-electron chi connectivity index (χ2n) is 7.96. The van der Waals surface area contributed by atoms with Gasteiger partial charge in [0.25, 0.3) is 5.91 Å². The second kappa shape index (κ2) is 8.66. The Kier molecular flexibility index (Phi) is 5.77. The Morgan fingerprint density at radius 2 is 1.97 bits per heavy atom. The first-order valence-electron chi connectivity index (χ1n) is 10.3. The molecule has 2 aromatic rings. The third-order valence-electron chi connectivity index (χ3n) is 5.72.